The fourth-order valence-electron chi connectivity index (χ4n) is 3.60. The van der Waals surface area contributed by atoms with E-state index in [-0.39, 0.29) is 5.92 Å². The van der Waals surface area contributed by atoms with E-state index >= 15 is 0 Å². The van der Waals surface area contributed by atoms with Gasteiger partial charge in [-0.3, -0.25) is 14.5 Å². The van der Waals surface area contributed by atoms with Crippen LogP contribution in [0.4, 0.5) is 0 Å². The van der Waals surface area contributed by atoms with Crippen molar-refractivity contribution in [3.63, 3.8) is 0 Å². The number of imide groups is 1. The molecule has 1 aromatic heterocycles. The molecule has 4 rings (SSSR count). The number of imidazole rings is 1. The number of ether oxygens (including phenoxy) is 1. The van der Waals surface area contributed by atoms with Crippen molar-refractivity contribution < 1.29 is 19.1 Å². The SMILES string of the molecule is CC(C)[C@@H](C(=O)O[C@H](C)c1nc2ccccc2[nH]1)N1C(=O)c2ccccc2C1=O. The maximum absolute atomic E-state index is 13.0. The summed E-state index contributed by atoms with van der Waals surface area (Å²) >= 11 is 0. The number of benzene rings is 2. The zero-order chi connectivity index (χ0) is 20.7. The molecule has 7 nitrogen and oxygen atoms in total. The Bertz CT molecular complexity index is 1050. The lowest BCUT2D eigenvalue weighted by Crippen LogP contribution is -2.48. The van der Waals surface area contributed by atoms with Gasteiger partial charge in [-0.25, -0.2) is 9.78 Å². The van der Waals surface area contributed by atoms with Gasteiger partial charge in [0, 0.05) is 0 Å². The highest BCUT2D eigenvalue weighted by molar-refractivity contribution is 6.22. The third kappa shape index (κ3) is 3.18. The number of hydrogen-bond acceptors (Lipinski definition) is 5. The fourth-order valence-corrected chi connectivity index (χ4v) is 3.60. The number of aromatic nitrogens is 2. The maximum Gasteiger partial charge on any atom is 0.330 e. The Labute approximate surface area is 167 Å². The summed E-state index contributed by atoms with van der Waals surface area (Å²) in [6.45, 7) is 5.26. The van der Waals surface area contributed by atoms with Gasteiger partial charge >= 0.3 is 5.97 Å². The topological polar surface area (TPSA) is 92.4 Å². The van der Waals surface area contributed by atoms with Crippen LogP contribution >= 0.6 is 0 Å². The van der Waals surface area contributed by atoms with Gasteiger partial charge < -0.3 is 9.72 Å². The molecule has 1 aliphatic rings. The molecule has 0 spiro atoms. The van der Waals surface area contributed by atoms with E-state index in [2.05, 4.69) is 9.97 Å². The largest absolute Gasteiger partial charge is 0.453 e. The van der Waals surface area contributed by atoms with Gasteiger partial charge in [0.15, 0.2) is 6.10 Å². The van der Waals surface area contributed by atoms with Crippen molar-refractivity contribution in [2.75, 3.05) is 0 Å². The molecule has 2 heterocycles. The van der Waals surface area contributed by atoms with Gasteiger partial charge in [0.05, 0.1) is 22.2 Å². The van der Waals surface area contributed by atoms with Crippen LogP contribution in [-0.2, 0) is 9.53 Å². The molecule has 2 atom stereocenters. The number of para-hydroxylation sites is 2. The number of nitrogens with zero attached hydrogens (tertiary/aromatic N) is 2. The molecule has 0 fully saturated rings. The molecule has 0 aliphatic carbocycles. The molecular weight excluding hydrogens is 370 g/mol. The number of nitrogens with one attached hydrogen (secondary N) is 1. The Hall–Kier alpha value is -3.48. The number of amides is 2. The molecular formula is C22H21N3O4. The van der Waals surface area contributed by atoms with Crippen molar-refractivity contribution >= 4 is 28.8 Å². The molecule has 0 saturated carbocycles. The van der Waals surface area contributed by atoms with E-state index in [4.69, 9.17) is 4.74 Å². The standard InChI is InChI=1S/C22H21N3O4/c1-12(2)18(25-20(26)14-8-4-5-9-15(14)21(25)27)22(28)29-13(3)19-23-16-10-6-7-11-17(16)24-19/h4-13,18H,1-3H3,(H,23,24)/t13-,18+/m1/s1. The number of rotatable bonds is 5. The first-order valence-electron chi connectivity index (χ1n) is 9.50. The van der Waals surface area contributed by atoms with Crippen LogP contribution in [0.5, 0.6) is 0 Å². The number of hydrogen-bond donors (Lipinski definition) is 1. The molecule has 7 heteroatoms. The van der Waals surface area contributed by atoms with Crippen LogP contribution in [0.1, 0.15) is 53.4 Å². The van der Waals surface area contributed by atoms with Gasteiger partial charge in [0.1, 0.15) is 11.9 Å². The van der Waals surface area contributed by atoms with Crippen molar-refractivity contribution in [1.82, 2.24) is 14.9 Å². The van der Waals surface area contributed by atoms with E-state index in [1.54, 1.807) is 45.0 Å². The second-order valence-electron chi connectivity index (χ2n) is 7.43. The van der Waals surface area contributed by atoms with E-state index in [0.29, 0.717) is 17.0 Å². The number of carbonyl (C=O) groups excluding carboxylic acids is 3. The van der Waals surface area contributed by atoms with Crippen LogP contribution in [0.3, 0.4) is 0 Å². The molecule has 0 radical (unpaired) electrons. The lowest BCUT2D eigenvalue weighted by atomic mass is 10.0. The number of aromatic amines is 1. The van der Waals surface area contributed by atoms with Crippen molar-refractivity contribution in [3.8, 4) is 0 Å². The summed E-state index contributed by atoms with van der Waals surface area (Å²) in [6.07, 6.45) is -0.661. The van der Waals surface area contributed by atoms with Crippen LogP contribution in [0.15, 0.2) is 48.5 Å². The van der Waals surface area contributed by atoms with Crippen LogP contribution in [-0.4, -0.2) is 38.7 Å². The lowest BCUT2D eigenvalue weighted by Gasteiger charge is -2.28. The van der Waals surface area contributed by atoms with Crippen molar-refractivity contribution in [3.05, 3.63) is 65.5 Å². The van der Waals surface area contributed by atoms with Gasteiger partial charge in [-0.2, -0.15) is 0 Å². The molecule has 2 amide bonds. The van der Waals surface area contributed by atoms with Gasteiger partial charge in [0.2, 0.25) is 0 Å². The summed E-state index contributed by atoms with van der Waals surface area (Å²) in [7, 11) is 0. The smallest absolute Gasteiger partial charge is 0.330 e. The second-order valence-corrected chi connectivity index (χ2v) is 7.43. The summed E-state index contributed by atoms with van der Waals surface area (Å²) < 4.78 is 5.62. The first kappa shape index (κ1) is 18.9. The van der Waals surface area contributed by atoms with Crippen LogP contribution in [0.2, 0.25) is 0 Å². The second kappa shape index (κ2) is 7.16. The summed E-state index contributed by atoms with van der Waals surface area (Å²) in [4.78, 5) is 47.2. The highest BCUT2D eigenvalue weighted by Gasteiger charge is 2.45. The first-order valence-corrected chi connectivity index (χ1v) is 9.50. The van der Waals surface area contributed by atoms with Crippen molar-refractivity contribution in [2.45, 2.75) is 32.9 Å². The Kier molecular flexibility index (Phi) is 4.66. The van der Waals surface area contributed by atoms with E-state index < -0.39 is 29.9 Å². The van der Waals surface area contributed by atoms with Crippen LogP contribution in [0.25, 0.3) is 11.0 Å². The van der Waals surface area contributed by atoms with Gasteiger partial charge in [-0.15, -0.1) is 0 Å². The summed E-state index contributed by atoms with van der Waals surface area (Å²) in [5, 5.41) is 0. The van der Waals surface area contributed by atoms with E-state index in [1.807, 2.05) is 24.3 Å². The fraction of sp³-hybridized carbons (Fsp3) is 0.273. The normalized spacial score (nSPS) is 15.7. The first-order chi connectivity index (χ1) is 13.9. The zero-order valence-corrected chi connectivity index (χ0v) is 16.4. The van der Waals surface area contributed by atoms with E-state index in [0.717, 1.165) is 15.9 Å². The Morgan fingerprint density at radius 1 is 0.966 bits per heavy atom. The maximum atomic E-state index is 13.0. The molecule has 1 N–H and O–H groups in total. The van der Waals surface area contributed by atoms with Gasteiger partial charge in [-0.1, -0.05) is 38.1 Å². The lowest BCUT2D eigenvalue weighted by molar-refractivity contribution is -0.155. The molecule has 2 aromatic carbocycles. The van der Waals surface area contributed by atoms with E-state index in [1.165, 1.54) is 0 Å². The Morgan fingerprint density at radius 2 is 1.55 bits per heavy atom. The summed E-state index contributed by atoms with van der Waals surface area (Å²) in [5.41, 5.74) is 2.22. The third-order valence-electron chi connectivity index (χ3n) is 5.06. The van der Waals surface area contributed by atoms with Crippen molar-refractivity contribution in [2.24, 2.45) is 5.92 Å². The molecule has 148 valence electrons. The van der Waals surface area contributed by atoms with Gasteiger partial charge in [0.25, 0.3) is 11.8 Å². The molecule has 29 heavy (non-hydrogen) atoms. The number of H-pyrrole nitrogens is 1. The molecule has 3 aromatic rings. The Balaban J connectivity index is 1.58. The monoisotopic (exact) mass is 391 g/mol. The minimum atomic E-state index is -1.02. The zero-order valence-electron chi connectivity index (χ0n) is 16.4. The predicted octanol–water partition coefficient (Wildman–Crippen LogP) is 3.49. The summed E-state index contributed by atoms with van der Waals surface area (Å²) in [6, 6.07) is 13.1. The quantitative estimate of drug-likeness (QED) is 0.531. The number of esters is 1. The average Bonchev–Trinajstić information content (AvgIpc) is 3.24. The minimum Gasteiger partial charge on any atom is -0.453 e. The third-order valence-corrected chi connectivity index (χ3v) is 5.06. The van der Waals surface area contributed by atoms with E-state index in [9.17, 15) is 14.4 Å². The Morgan fingerprint density at radius 3 is 2.14 bits per heavy atom. The minimum absolute atomic E-state index is 0.307. The molecule has 0 bridgehead atoms. The average molecular weight is 391 g/mol. The summed E-state index contributed by atoms with van der Waals surface area (Å²) in [5.74, 6) is -1.39. The molecule has 0 saturated heterocycles. The van der Waals surface area contributed by atoms with Crippen LogP contribution < -0.4 is 0 Å². The highest BCUT2D eigenvalue weighted by Crippen LogP contribution is 2.29. The number of fused-ring (bicyclic) bond motifs is 2. The highest BCUT2D eigenvalue weighted by atomic mass is 16.5. The molecule has 0 unspecified atom stereocenters. The van der Waals surface area contributed by atoms with Gasteiger partial charge in [-0.05, 0) is 37.1 Å². The molecule has 1 aliphatic heterocycles. The predicted molar refractivity (Wildman–Crippen MR) is 106 cm³/mol. The van der Waals surface area contributed by atoms with Crippen LogP contribution in [0, 0.1) is 5.92 Å². The number of carbonyl (C=O) groups is 3. The van der Waals surface area contributed by atoms with Crippen molar-refractivity contribution in [1.29, 1.82) is 0 Å².